The molecule has 1 unspecified atom stereocenters. The summed E-state index contributed by atoms with van der Waals surface area (Å²) < 4.78 is 20.0. The number of anilines is 1. The van der Waals surface area contributed by atoms with Crippen molar-refractivity contribution >= 4 is 11.7 Å². The van der Waals surface area contributed by atoms with E-state index in [1.54, 1.807) is 22.9 Å². The molecule has 5 nitrogen and oxygen atoms in total. The summed E-state index contributed by atoms with van der Waals surface area (Å²) >= 11 is 0. The maximum absolute atomic E-state index is 13.0. The number of carbonyl (C=O) groups is 1. The molecule has 1 aromatic heterocycles. The van der Waals surface area contributed by atoms with Crippen molar-refractivity contribution in [3.63, 3.8) is 0 Å². The van der Waals surface area contributed by atoms with Gasteiger partial charge in [0.25, 0.3) is 5.91 Å². The number of nitrogens with zero attached hydrogens (tertiary/aromatic N) is 2. The van der Waals surface area contributed by atoms with E-state index in [2.05, 4.69) is 10.4 Å². The number of aromatic nitrogens is 2. The maximum Gasteiger partial charge on any atom is 0.254 e. The number of ether oxygens (including phenoxy) is 1. The van der Waals surface area contributed by atoms with E-state index in [1.165, 1.54) is 12.1 Å². The van der Waals surface area contributed by atoms with Crippen LogP contribution in [0.25, 0.3) is 5.69 Å². The number of carbonyl (C=O) groups excluding carboxylic acids is 1. The van der Waals surface area contributed by atoms with E-state index in [9.17, 15) is 9.18 Å². The molecular weight excluding hydrogens is 273 g/mol. The van der Waals surface area contributed by atoms with Gasteiger partial charge >= 0.3 is 0 Å². The second-order valence-corrected chi connectivity index (χ2v) is 5.05. The van der Waals surface area contributed by atoms with Crippen molar-refractivity contribution in [2.75, 3.05) is 11.9 Å². The molecule has 2 aromatic rings. The number of rotatable bonds is 3. The Kier molecular flexibility index (Phi) is 3.70. The third-order valence-corrected chi connectivity index (χ3v) is 3.38. The first-order valence-electron chi connectivity index (χ1n) is 6.88. The van der Waals surface area contributed by atoms with E-state index < -0.39 is 6.10 Å². The average Bonchev–Trinajstić information content (AvgIpc) is 3.09. The molecule has 21 heavy (non-hydrogen) atoms. The Hall–Kier alpha value is -2.21. The SMILES string of the molecule is Cc1cc(NC(=O)C2CCCO2)n(-c2ccc(F)cc2)n1. The van der Waals surface area contributed by atoms with Crippen LogP contribution in [0.4, 0.5) is 10.2 Å². The second-order valence-electron chi connectivity index (χ2n) is 5.05. The van der Waals surface area contributed by atoms with Gasteiger partial charge in [0, 0.05) is 12.7 Å². The summed E-state index contributed by atoms with van der Waals surface area (Å²) in [6, 6.07) is 7.72. The van der Waals surface area contributed by atoms with Gasteiger partial charge in [0.1, 0.15) is 17.7 Å². The topological polar surface area (TPSA) is 56.1 Å². The molecule has 1 saturated heterocycles. The second kappa shape index (κ2) is 5.65. The lowest BCUT2D eigenvalue weighted by Crippen LogP contribution is -2.27. The molecule has 0 spiro atoms. The number of amides is 1. The predicted octanol–water partition coefficient (Wildman–Crippen LogP) is 2.44. The summed E-state index contributed by atoms with van der Waals surface area (Å²) in [6.45, 7) is 2.45. The Bertz CT molecular complexity index is 645. The fourth-order valence-corrected chi connectivity index (χ4v) is 2.36. The van der Waals surface area contributed by atoms with Gasteiger partial charge in [-0.05, 0) is 44.0 Å². The Morgan fingerprint density at radius 3 is 2.86 bits per heavy atom. The van der Waals surface area contributed by atoms with E-state index in [0.717, 1.165) is 18.5 Å². The van der Waals surface area contributed by atoms with Crippen LogP contribution in [-0.2, 0) is 9.53 Å². The first-order valence-corrected chi connectivity index (χ1v) is 6.88. The lowest BCUT2D eigenvalue weighted by Gasteiger charge is -2.12. The summed E-state index contributed by atoms with van der Waals surface area (Å²) in [5, 5.41) is 7.16. The highest BCUT2D eigenvalue weighted by molar-refractivity contribution is 5.93. The van der Waals surface area contributed by atoms with E-state index in [-0.39, 0.29) is 11.7 Å². The third-order valence-electron chi connectivity index (χ3n) is 3.38. The van der Waals surface area contributed by atoms with Crippen molar-refractivity contribution < 1.29 is 13.9 Å². The molecule has 1 aliphatic rings. The molecule has 6 heteroatoms. The number of halogens is 1. The van der Waals surface area contributed by atoms with Gasteiger partial charge < -0.3 is 10.1 Å². The van der Waals surface area contributed by atoms with Gasteiger partial charge in [-0.25, -0.2) is 9.07 Å². The van der Waals surface area contributed by atoms with Gasteiger partial charge in [0.2, 0.25) is 0 Å². The first-order chi connectivity index (χ1) is 10.1. The van der Waals surface area contributed by atoms with Crippen molar-refractivity contribution in [3.8, 4) is 5.69 Å². The Balaban J connectivity index is 1.85. The molecule has 0 radical (unpaired) electrons. The van der Waals surface area contributed by atoms with Crippen LogP contribution in [0.15, 0.2) is 30.3 Å². The number of aryl methyl sites for hydroxylation is 1. The van der Waals surface area contributed by atoms with E-state index >= 15 is 0 Å². The standard InChI is InChI=1S/C15H16FN3O2/c1-10-9-14(17-15(20)13-3-2-8-21-13)19(18-10)12-6-4-11(16)5-7-12/h4-7,9,13H,2-3,8H2,1H3,(H,17,20). The minimum absolute atomic E-state index is 0.171. The Labute approximate surface area is 121 Å². The molecular formula is C15H16FN3O2. The average molecular weight is 289 g/mol. The zero-order chi connectivity index (χ0) is 14.8. The third kappa shape index (κ3) is 2.95. The highest BCUT2D eigenvalue weighted by Gasteiger charge is 2.24. The zero-order valence-electron chi connectivity index (χ0n) is 11.7. The maximum atomic E-state index is 13.0. The Morgan fingerprint density at radius 2 is 2.19 bits per heavy atom. The molecule has 1 atom stereocenters. The van der Waals surface area contributed by atoms with Crippen LogP contribution >= 0.6 is 0 Å². The number of benzene rings is 1. The number of hydrogen-bond acceptors (Lipinski definition) is 3. The molecule has 2 heterocycles. The monoisotopic (exact) mass is 289 g/mol. The van der Waals surface area contributed by atoms with E-state index in [4.69, 9.17) is 4.74 Å². The fourth-order valence-electron chi connectivity index (χ4n) is 2.36. The van der Waals surface area contributed by atoms with Crippen molar-refractivity contribution in [3.05, 3.63) is 41.8 Å². The molecule has 1 aromatic carbocycles. The molecule has 0 bridgehead atoms. The first kappa shape index (κ1) is 13.8. The van der Waals surface area contributed by atoms with Gasteiger partial charge in [-0.2, -0.15) is 5.10 Å². The van der Waals surface area contributed by atoms with E-state index in [0.29, 0.717) is 18.1 Å². The molecule has 1 fully saturated rings. The summed E-state index contributed by atoms with van der Waals surface area (Å²) in [6.07, 6.45) is 1.23. The summed E-state index contributed by atoms with van der Waals surface area (Å²) in [5.74, 6) is 0.0722. The molecule has 3 rings (SSSR count). The lowest BCUT2D eigenvalue weighted by atomic mass is 10.2. The predicted molar refractivity (Wildman–Crippen MR) is 75.9 cm³/mol. The molecule has 110 valence electrons. The molecule has 1 aliphatic heterocycles. The molecule has 1 amide bonds. The van der Waals surface area contributed by atoms with Gasteiger partial charge in [-0.1, -0.05) is 0 Å². The Morgan fingerprint density at radius 1 is 1.43 bits per heavy atom. The van der Waals surface area contributed by atoms with Gasteiger partial charge in [-0.15, -0.1) is 0 Å². The van der Waals surface area contributed by atoms with Crippen molar-refractivity contribution in [2.45, 2.75) is 25.9 Å². The van der Waals surface area contributed by atoms with Crippen molar-refractivity contribution in [1.29, 1.82) is 0 Å². The van der Waals surface area contributed by atoms with Gasteiger partial charge in [0.05, 0.1) is 11.4 Å². The number of hydrogen-bond donors (Lipinski definition) is 1. The summed E-state index contributed by atoms with van der Waals surface area (Å²) in [7, 11) is 0. The van der Waals surface area contributed by atoms with Crippen LogP contribution in [-0.4, -0.2) is 28.4 Å². The zero-order valence-corrected chi connectivity index (χ0v) is 11.7. The minimum atomic E-state index is -0.401. The van der Waals surface area contributed by atoms with Crippen LogP contribution < -0.4 is 5.32 Å². The largest absolute Gasteiger partial charge is 0.368 e. The lowest BCUT2D eigenvalue weighted by molar-refractivity contribution is -0.124. The van der Waals surface area contributed by atoms with Crippen LogP contribution in [0.5, 0.6) is 0 Å². The smallest absolute Gasteiger partial charge is 0.254 e. The van der Waals surface area contributed by atoms with E-state index in [1.807, 2.05) is 6.92 Å². The quantitative estimate of drug-likeness (QED) is 0.944. The van der Waals surface area contributed by atoms with Crippen LogP contribution in [0.3, 0.4) is 0 Å². The van der Waals surface area contributed by atoms with Crippen LogP contribution in [0.2, 0.25) is 0 Å². The molecule has 0 saturated carbocycles. The summed E-state index contributed by atoms with van der Waals surface area (Å²) in [5.41, 5.74) is 1.45. The fraction of sp³-hybridized carbons (Fsp3) is 0.333. The highest BCUT2D eigenvalue weighted by Crippen LogP contribution is 2.19. The summed E-state index contributed by atoms with van der Waals surface area (Å²) in [4.78, 5) is 12.1. The highest BCUT2D eigenvalue weighted by atomic mass is 19.1. The van der Waals surface area contributed by atoms with Crippen molar-refractivity contribution in [1.82, 2.24) is 9.78 Å². The molecule has 1 N–H and O–H groups in total. The van der Waals surface area contributed by atoms with Crippen LogP contribution in [0, 0.1) is 12.7 Å². The van der Waals surface area contributed by atoms with Crippen molar-refractivity contribution in [2.24, 2.45) is 0 Å². The van der Waals surface area contributed by atoms with Gasteiger partial charge in [0.15, 0.2) is 0 Å². The van der Waals surface area contributed by atoms with Gasteiger partial charge in [-0.3, -0.25) is 4.79 Å². The molecule has 0 aliphatic carbocycles. The number of nitrogens with one attached hydrogen (secondary N) is 1. The minimum Gasteiger partial charge on any atom is -0.368 e. The van der Waals surface area contributed by atoms with Crippen LogP contribution in [0.1, 0.15) is 18.5 Å². The normalized spacial score (nSPS) is 17.9.